The fourth-order valence-corrected chi connectivity index (χ4v) is 0.677. The van der Waals surface area contributed by atoms with Crippen molar-refractivity contribution in [1.82, 2.24) is 5.32 Å². The third-order valence-corrected chi connectivity index (χ3v) is 1.21. The van der Waals surface area contributed by atoms with Crippen LogP contribution in [0.2, 0.25) is 0 Å². The number of hydrogen-bond donors (Lipinski definition) is 3. The van der Waals surface area contributed by atoms with E-state index in [-0.39, 0.29) is 6.42 Å². The molecule has 0 aliphatic heterocycles. The molecular weight excluding hydrogens is 144 g/mol. The first-order chi connectivity index (χ1) is 5.13. The van der Waals surface area contributed by atoms with Crippen molar-refractivity contribution < 1.29 is 9.90 Å². The van der Waals surface area contributed by atoms with Crippen LogP contribution < -0.4 is 5.32 Å². The van der Waals surface area contributed by atoms with Crippen molar-refractivity contribution in [2.75, 3.05) is 6.54 Å². The van der Waals surface area contributed by atoms with Crippen LogP contribution in [0.5, 0.6) is 0 Å². The van der Waals surface area contributed by atoms with E-state index in [1.807, 2.05) is 0 Å². The van der Waals surface area contributed by atoms with E-state index < -0.39 is 5.97 Å². The standard InChI is InChI=1S/C7H14N2O2/c1-6(8)9-5-3-2-4-7(10)11/h2-5H2,1H3,(H2,8,9)(H,10,11). The Labute approximate surface area is 66.1 Å². The van der Waals surface area contributed by atoms with Crippen molar-refractivity contribution in [2.24, 2.45) is 0 Å². The highest BCUT2D eigenvalue weighted by atomic mass is 16.4. The molecule has 0 aliphatic rings. The fourth-order valence-electron chi connectivity index (χ4n) is 0.677. The van der Waals surface area contributed by atoms with Gasteiger partial charge in [-0.1, -0.05) is 0 Å². The monoisotopic (exact) mass is 158 g/mol. The van der Waals surface area contributed by atoms with Crippen LogP contribution in [0.4, 0.5) is 0 Å². The third kappa shape index (κ3) is 8.94. The number of carboxylic acids is 1. The lowest BCUT2D eigenvalue weighted by atomic mass is 10.2. The number of unbranched alkanes of at least 4 members (excludes halogenated alkanes) is 1. The van der Waals surface area contributed by atoms with Crippen LogP contribution in [0.1, 0.15) is 26.2 Å². The average molecular weight is 158 g/mol. The summed E-state index contributed by atoms with van der Waals surface area (Å²) in [6.45, 7) is 2.36. The van der Waals surface area contributed by atoms with Gasteiger partial charge in [-0.25, -0.2) is 0 Å². The molecule has 3 N–H and O–H groups in total. The highest BCUT2D eigenvalue weighted by molar-refractivity contribution is 5.75. The molecule has 0 aromatic heterocycles. The minimum Gasteiger partial charge on any atom is -0.481 e. The second-order valence-electron chi connectivity index (χ2n) is 2.40. The second kappa shape index (κ2) is 5.70. The Morgan fingerprint density at radius 2 is 2.18 bits per heavy atom. The van der Waals surface area contributed by atoms with E-state index in [1.165, 1.54) is 0 Å². The molecule has 0 atom stereocenters. The molecule has 0 fully saturated rings. The number of aliphatic carboxylic acids is 1. The lowest BCUT2D eigenvalue weighted by Gasteiger charge is -2.01. The van der Waals surface area contributed by atoms with Gasteiger partial charge in [0.2, 0.25) is 0 Å². The molecule has 0 unspecified atom stereocenters. The minimum absolute atomic E-state index is 0.221. The molecule has 11 heavy (non-hydrogen) atoms. The lowest BCUT2D eigenvalue weighted by molar-refractivity contribution is -0.137. The zero-order valence-corrected chi connectivity index (χ0v) is 6.68. The predicted octanol–water partition coefficient (Wildman–Crippen LogP) is 0.828. The lowest BCUT2D eigenvalue weighted by Crippen LogP contribution is -2.20. The molecular formula is C7H14N2O2. The molecule has 0 radical (unpaired) electrons. The van der Waals surface area contributed by atoms with E-state index in [0.29, 0.717) is 18.8 Å². The van der Waals surface area contributed by atoms with Crippen LogP contribution in [0.15, 0.2) is 0 Å². The molecule has 0 amide bonds. The summed E-state index contributed by atoms with van der Waals surface area (Å²) < 4.78 is 0. The van der Waals surface area contributed by atoms with E-state index in [4.69, 9.17) is 10.5 Å². The van der Waals surface area contributed by atoms with E-state index in [9.17, 15) is 4.79 Å². The molecule has 64 valence electrons. The van der Waals surface area contributed by atoms with Gasteiger partial charge in [0, 0.05) is 13.0 Å². The summed E-state index contributed by atoms with van der Waals surface area (Å²) in [6, 6.07) is 0. The smallest absolute Gasteiger partial charge is 0.303 e. The van der Waals surface area contributed by atoms with Crippen molar-refractivity contribution in [3.8, 4) is 0 Å². The molecule has 0 heterocycles. The number of amidine groups is 1. The Kier molecular flexibility index (Phi) is 5.15. The van der Waals surface area contributed by atoms with Gasteiger partial charge in [0.1, 0.15) is 0 Å². The van der Waals surface area contributed by atoms with Gasteiger partial charge in [-0.3, -0.25) is 10.2 Å². The molecule has 0 aliphatic carbocycles. The molecule has 0 bridgehead atoms. The van der Waals surface area contributed by atoms with E-state index >= 15 is 0 Å². The fraction of sp³-hybridized carbons (Fsp3) is 0.714. The first-order valence-electron chi connectivity index (χ1n) is 3.63. The van der Waals surface area contributed by atoms with Gasteiger partial charge in [-0.15, -0.1) is 0 Å². The Morgan fingerprint density at radius 3 is 2.64 bits per heavy atom. The van der Waals surface area contributed by atoms with Crippen LogP contribution >= 0.6 is 0 Å². The van der Waals surface area contributed by atoms with Crippen LogP contribution in [-0.4, -0.2) is 23.5 Å². The van der Waals surface area contributed by atoms with Crippen LogP contribution in [0.3, 0.4) is 0 Å². The van der Waals surface area contributed by atoms with Gasteiger partial charge in [0.15, 0.2) is 0 Å². The molecule has 0 rings (SSSR count). The van der Waals surface area contributed by atoms with E-state index in [2.05, 4.69) is 5.32 Å². The number of hydrogen-bond acceptors (Lipinski definition) is 2. The normalized spacial score (nSPS) is 9.18. The van der Waals surface area contributed by atoms with Gasteiger partial charge in [-0.2, -0.15) is 0 Å². The minimum atomic E-state index is -0.753. The molecule has 0 aromatic rings. The maximum absolute atomic E-state index is 10.0. The first kappa shape index (κ1) is 9.94. The second-order valence-corrected chi connectivity index (χ2v) is 2.40. The van der Waals surface area contributed by atoms with Crippen molar-refractivity contribution in [2.45, 2.75) is 26.2 Å². The summed E-state index contributed by atoms with van der Waals surface area (Å²) in [6.07, 6.45) is 1.71. The molecule has 0 aromatic carbocycles. The number of rotatable bonds is 5. The van der Waals surface area contributed by atoms with Crippen LogP contribution in [0.25, 0.3) is 0 Å². The van der Waals surface area contributed by atoms with Gasteiger partial charge < -0.3 is 10.4 Å². The largest absolute Gasteiger partial charge is 0.481 e. The summed E-state index contributed by atoms with van der Waals surface area (Å²) in [5, 5.41) is 18.1. The van der Waals surface area contributed by atoms with Crippen molar-refractivity contribution in [1.29, 1.82) is 5.41 Å². The number of carboxylic acid groups (broad SMARTS) is 1. The Bertz CT molecular complexity index is 129. The zero-order chi connectivity index (χ0) is 8.69. The molecule has 0 spiro atoms. The van der Waals surface area contributed by atoms with Gasteiger partial charge in [0.25, 0.3) is 0 Å². The van der Waals surface area contributed by atoms with E-state index in [0.717, 1.165) is 6.42 Å². The van der Waals surface area contributed by atoms with Gasteiger partial charge >= 0.3 is 5.97 Å². The topological polar surface area (TPSA) is 73.2 Å². The Hall–Kier alpha value is -1.06. The van der Waals surface area contributed by atoms with Crippen molar-refractivity contribution in [3.63, 3.8) is 0 Å². The van der Waals surface area contributed by atoms with Crippen molar-refractivity contribution >= 4 is 11.8 Å². The SMILES string of the molecule is CC(=N)NCCCCC(=O)O. The van der Waals surface area contributed by atoms with Crippen LogP contribution in [0, 0.1) is 5.41 Å². The van der Waals surface area contributed by atoms with E-state index in [1.54, 1.807) is 6.92 Å². The number of carbonyl (C=O) groups is 1. The van der Waals surface area contributed by atoms with Crippen LogP contribution in [-0.2, 0) is 4.79 Å². The summed E-state index contributed by atoms with van der Waals surface area (Å²) in [7, 11) is 0. The highest BCUT2D eigenvalue weighted by Crippen LogP contribution is 1.92. The summed E-state index contributed by atoms with van der Waals surface area (Å²) in [4.78, 5) is 10.0. The number of nitrogens with one attached hydrogen (secondary N) is 2. The third-order valence-electron chi connectivity index (χ3n) is 1.21. The molecule has 4 nitrogen and oxygen atoms in total. The van der Waals surface area contributed by atoms with Gasteiger partial charge in [0.05, 0.1) is 5.84 Å². The highest BCUT2D eigenvalue weighted by Gasteiger charge is 1.95. The Balaban J connectivity index is 3.03. The zero-order valence-electron chi connectivity index (χ0n) is 6.68. The maximum atomic E-state index is 10.0. The summed E-state index contributed by atoms with van der Waals surface area (Å²) in [5.74, 6) is -0.322. The average Bonchev–Trinajstić information content (AvgIpc) is 1.85. The van der Waals surface area contributed by atoms with Gasteiger partial charge in [-0.05, 0) is 19.8 Å². The maximum Gasteiger partial charge on any atom is 0.303 e. The summed E-state index contributed by atoms with van der Waals surface area (Å²) in [5.41, 5.74) is 0. The summed E-state index contributed by atoms with van der Waals surface area (Å²) >= 11 is 0. The molecule has 0 saturated heterocycles. The molecule has 4 heteroatoms. The molecule has 0 saturated carbocycles. The quantitative estimate of drug-likeness (QED) is 0.315. The first-order valence-corrected chi connectivity index (χ1v) is 3.63. The predicted molar refractivity (Wildman–Crippen MR) is 42.9 cm³/mol. The van der Waals surface area contributed by atoms with Crippen molar-refractivity contribution in [3.05, 3.63) is 0 Å². The Morgan fingerprint density at radius 1 is 1.55 bits per heavy atom.